The minimum Gasteiger partial charge on any atom is -0.138 e. The highest BCUT2D eigenvalue weighted by molar-refractivity contribution is 8.01. The normalized spacial score (nSPS) is 33.1. The second kappa shape index (κ2) is 2.80. The molecule has 0 aliphatic heterocycles. The van der Waals surface area contributed by atoms with E-state index in [0.29, 0.717) is 0 Å². The predicted octanol–water partition coefficient (Wildman–Crippen LogP) is 2.80. The Balaban J connectivity index is 2.63. The highest BCUT2D eigenvalue weighted by Gasteiger charge is 2.21. The second-order valence-corrected chi connectivity index (χ2v) is 4.02. The number of allylic oxidation sites excluding steroid dienone is 3. The van der Waals surface area contributed by atoms with Gasteiger partial charge in [0.25, 0.3) is 0 Å². The molecule has 0 N–H and O–H groups in total. The minimum absolute atomic E-state index is 0.158. The molecule has 0 bridgehead atoms. The molecule has 0 amide bonds. The van der Waals surface area contributed by atoms with Crippen LogP contribution in [0.5, 0.6) is 0 Å². The number of hydrogen-bond donors (Lipinski definition) is 0. The Bertz CT molecular complexity index is 151. The van der Waals surface area contributed by atoms with Crippen LogP contribution in [-0.4, -0.2) is 10.5 Å². The fraction of sp³-hybridized carbons (Fsp3) is 0.429. The maximum Gasteiger partial charge on any atom is 0.111 e. The lowest BCUT2D eigenvalue weighted by molar-refractivity contribution is 0.978. The van der Waals surface area contributed by atoms with E-state index in [1.807, 2.05) is 24.5 Å². The average molecular weight is 161 g/mol. The lowest BCUT2D eigenvalue weighted by atomic mass is 10.2. The molecule has 1 aliphatic rings. The summed E-state index contributed by atoms with van der Waals surface area (Å²) in [6.45, 7) is 0. The molecule has 0 saturated heterocycles. The molecule has 0 aromatic rings. The summed E-state index contributed by atoms with van der Waals surface area (Å²) >= 11 is 7.76. The van der Waals surface area contributed by atoms with Gasteiger partial charge in [0.2, 0.25) is 0 Å². The van der Waals surface area contributed by atoms with Gasteiger partial charge in [-0.05, 0) is 12.7 Å². The molecular formula is C7H9ClS. The Morgan fingerprint density at radius 2 is 2.33 bits per heavy atom. The van der Waals surface area contributed by atoms with Crippen molar-refractivity contribution in [3.05, 3.63) is 24.3 Å². The Labute approximate surface area is 65.0 Å². The van der Waals surface area contributed by atoms with Gasteiger partial charge in [-0.15, -0.1) is 23.4 Å². The number of halogens is 1. The van der Waals surface area contributed by atoms with E-state index in [1.54, 1.807) is 11.8 Å². The highest BCUT2D eigenvalue weighted by Crippen LogP contribution is 2.35. The molecule has 1 atom stereocenters. The van der Waals surface area contributed by atoms with Crippen LogP contribution in [0.1, 0.15) is 6.42 Å². The first-order valence-electron chi connectivity index (χ1n) is 2.85. The monoisotopic (exact) mass is 160 g/mol. The van der Waals surface area contributed by atoms with E-state index in [-0.39, 0.29) is 4.21 Å². The van der Waals surface area contributed by atoms with Gasteiger partial charge in [-0.25, -0.2) is 0 Å². The molecule has 0 spiro atoms. The van der Waals surface area contributed by atoms with Crippen molar-refractivity contribution in [3.8, 4) is 0 Å². The molecule has 50 valence electrons. The first-order valence-corrected chi connectivity index (χ1v) is 4.45. The van der Waals surface area contributed by atoms with Gasteiger partial charge in [-0.2, -0.15) is 0 Å². The van der Waals surface area contributed by atoms with Crippen LogP contribution in [0, 0.1) is 0 Å². The summed E-state index contributed by atoms with van der Waals surface area (Å²) < 4.78 is -0.158. The van der Waals surface area contributed by atoms with Crippen molar-refractivity contribution in [1.82, 2.24) is 0 Å². The van der Waals surface area contributed by atoms with Gasteiger partial charge in [0.15, 0.2) is 0 Å². The molecule has 1 rings (SSSR count). The second-order valence-electron chi connectivity index (χ2n) is 1.98. The molecule has 0 fully saturated rings. The van der Waals surface area contributed by atoms with Crippen LogP contribution in [0.15, 0.2) is 24.3 Å². The average Bonchev–Trinajstić information content (AvgIpc) is 1.90. The smallest absolute Gasteiger partial charge is 0.111 e. The summed E-state index contributed by atoms with van der Waals surface area (Å²) in [6, 6.07) is 0. The Kier molecular flexibility index (Phi) is 2.25. The maximum absolute atomic E-state index is 6.08. The van der Waals surface area contributed by atoms with E-state index < -0.39 is 0 Å². The molecule has 1 unspecified atom stereocenters. The summed E-state index contributed by atoms with van der Waals surface area (Å²) in [5.74, 6) is 0. The quantitative estimate of drug-likeness (QED) is 0.532. The van der Waals surface area contributed by atoms with E-state index in [2.05, 4.69) is 6.08 Å². The van der Waals surface area contributed by atoms with Crippen LogP contribution in [0.3, 0.4) is 0 Å². The van der Waals surface area contributed by atoms with Crippen LogP contribution in [0.2, 0.25) is 0 Å². The summed E-state index contributed by atoms with van der Waals surface area (Å²) in [4.78, 5) is 0. The Hall–Kier alpha value is 0.120. The van der Waals surface area contributed by atoms with Crippen LogP contribution in [-0.2, 0) is 0 Å². The van der Waals surface area contributed by atoms with Gasteiger partial charge < -0.3 is 0 Å². The van der Waals surface area contributed by atoms with E-state index in [0.717, 1.165) is 6.42 Å². The predicted molar refractivity (Wildman–Crippen MR) is 45.0 cm³/mol. The molecule has 9 heavy (non-hydrogen) atoms. The van der Waals surface area contributed by atoms with Crippen molar-refractivity contribution >= 4 is 23.4 Å². The third kappa shape index (κ3) is 1.77. The van der Waals surface area contributed by atoms with Crippen LogP contribution in [0.25, 0.3) is 0 Å². The lowest BCUT2D eigenvalue weighted by Gasteiger charge is -2.20. The van der Waals surface area contributed by atoms with E-state index in [4.69, 9.17) is 11.6 Å². The SMILES string of the molecule is CSC1(Cl)C=CC=CC1. The van der Waals surface area contributed by atoms with E-state index in [9.17, 15) is 0 Å². The standard InChI is InChI=1S/C7H9ClS/c1-9-7(8)5-3-2-4-6-7/h2-5H,6H2,1H3. The van der Waals surface area contributed by atoms with Crippen LogP contribution in [0.4, 0.5) is 0 Å². The van der Waals surface area contributed by atoms with Crippen molar-refractivity contribution in [1.29, 1.82) is 0 Å². The zero-order valence-electron chi connectivity index (χ0n) is 5.30. The van der Waals surface area contributed by atoms with Crippen LogP contribution < -0.4 is 0 Å². The zero-order valence-corrected chi connectivity index (χ0v) is 6.88. The highest BCUT2D eigenvalue weighted by atomic mass is 35.5. The zero-order chi connectivity index (χ0) is 6.74. The van der Waals surface area contributed by atoms with Gasteiger partial charge in [0.05, 0.1) is 0 Å². The van der Waals surface area contributed by atoms with Gasteiger partial charge in [0.1, 0.15) is 4.21 Å². The third-order valence-electron chi connectivity index (χ3n) is 1.33. The molecule has 0 nitrogen and oxygen atoms in total. The summed E-state index contributed by atoms with van der Waals surface area (Å²) in [7, 11) is 0. The Morgan fingerprint density at radius 1 is 1.56 bits per heavy atom. The van der Waals surface area contributed by atoms with Crippen LogP contribution >= 0.6 is 23.4 Å². The van der Waals surface area contributed by atoms with Crippen molar-refractivity contribution in [2.75, 3.05) is 6.26 Å². The molecule has 0 aromatic carbocycles. The fourth-order valence-corrected chi connectivity index (χ4v) is 1.37. The van der Waals surface area contributed by atoms with Crippen molar-refractivity contribution in [2.24, 2.45) is 0 Å². The van der Waals surface area contributed by atoms with Gasteiger partial charge in [0, 0.05) is 0 Å². The lowest BCUT2D eigenvalue weighted by Crippen LogP contribution is -2.11. The molecule has 0 heterocycles. The van der Waals surface area contributed by atoms with Crippen molar-refractivity contribution in [3.63, 3.8) is 0 Å². The number of hydrogen-bond acceptors (Lipinski definition) is 1. The molecular weight excluding hydrogens is 152 g/mol. The molecule has 0 saturated carbocycles. The Morgan fingerprint density at radius 3 is 2.67 bits per heavy atom. The summed E-state index contributed by atoms with van der Waals surface area (Å²) in [5, 5.41) is 0. The summed E-state index contributed by atoms with van der Waals surface area (Å²) in [6.07, 6.45) is 11.1. The van der Waals surface area contributed by atoms with E-state index >= 15 is 0 Å². The van der Waals surface area contributed by atoms with Crippen molar-refractivity contribution in [2.45, 2.75) is 10.6 Å². The minimum atomic E-state index is -0.158. The number of alkyl halides is 1. The summed E-state index contributed by atoms with van der Waals surface area (Å²) in [5.41, 5.74) is 0. The molecule has 0 radical (unpaired) electrons. The van der Waals surface area contributed by atoms with Gasteiger partial charge >= 0.3 is 0 Å². The van der Waals surface area contributed by atoms with Crippen molar-refractivity contribution < 1.29 is 0 Å². The van der Waals surface area contributed by atoms with Gasteiger partial charge in [-0.1, -0.05) is 24.3 Å². The first kappa shape index (κ1) is 7.23. The third-order valence-corrected chi connectivity index (χ3v) is 3.05. The van der Waals surface area contributed by atoms with E-state index in [1.165, 1.54) is 0 Å². The number of thioether (sulfide) groups is 1. The molecule has 1 aliphatic carbocycles. The van der Waals surface area contributed by atoms with Gasteiger partial charge in [-0.3, -0.25) is 0 Å². The number of rotatable bonds is 1. The molecule has 0 aromatic heterocycles. The largest absolute Gasteiger partial charge is 0.138 e. The first-order chi connectivity index (χ1) is 4.27. The molecule has 2 heteroatoms. The maximum atomic E-state index is 6.08. The topological polar surface area (TPSA) is 0 Å². The fourth-order valence-electron chi connectivity index (χ4n) is 0.726.